The molecule has 4 rings (SSSR count). The van der Waals surface area contributed by atoms with Crippen LogP contribution in [-0.2, 0) is 0 Å². The van der Waals surface area contributed by atoms with Crippen molar-refractivity contribution < 1.29 is 9.18 Å². The lowest BCUT2D eigenvalue weighted by Gasteiger charge is -2.05. The fourth-order valence-electron chi connectivity index (χ4n) is 3.21. The molecule has 8 nitrogen and oxygen atoms in total. The molecule has 0 saturated carbocycles. The average molecular weight is 381 g/mol. The lowest BCUT2D eigenvalue weighted by atomic mass is 10.1. The number of alkyl halides is 1. The Kier molecular flexibility index (Phi) is 4.42. The minimum absolute atomic E-state index is 0.0165. The van der Waals surface area contributed by atoms with E-state index in [1.807, 2.05) is 36.7 Å². The number of carbonyl (C=O) groups is 1. The molecular weight excluding hydrogens is 361 g/mol. The lowest BCUT2D eigenvalue weighted by molar-refractivity contribution is 0.0946. The quantitative estimate of drug-likeness (QED) is 0.492. The molecule has 4 N–H and O–H groups in total. The molecular formula is C19H20FN7O. The van der Waals surface area contributed by atoms with Crippen LogP contribution in [0.1, 0.15) is 30.4 Å². The number of benzene rings is 1. The monoisotopic (exact) mass is 381 g/mol. The number of nitrogens with zero attached hydrogens (tertiary/aromatic N) is 4. The third-order valence-corrected chi connectivity index (χ3v) is 4.53. The van der Waals surface area contributed by atoms with E-state index in [0.29, 0.717) is 28.2 Å². The molecule has 4 aromatic rings. The van der Waals surface area contributed by atoms with Gasteiger partial charge in [0.05, 0.1) is 5.39 Å². The number of anilines is 1. The molecule has 0 atom stereocenters. The van der Waals surface area contributed by atoms with Gasteiger partial charge < -0.3 is 16.0 Å². The Morgan fingerprint density at radius 2 is 2.14 bits per heavy atom. The van der Waals surface area contributed by atoms with Crippen molar-refractivity contribution in [2.24, 2.45) is 0 Å². The third-order valence-electron chi connectivity index (χ3n) is 4.53. The van der Waals surface area contributed by atoms with E-state index in [4.69, 9.17) is 10.8 Å². The summed E-state index contributed by atoms with van der Waals surface area (Å²) in [5.41, 5.74) is 9.45. The van der Waals surface area contributed by atoms with Gasteiger partial charge >= 0.3 is 0 Å². The van der Waals surface area contributed by atoms with Crippen molar-refractivity contribution in [3.05, 3.63) is 36.3 Å². The van der Waals surface area contributed by atoms with Crippen molar-refractivity contribution in [1.82, 2.24) is 30.0 Å². The predicted molar refractivity (Wildman–Crippen MR) is 106 cm³/mol. The normalized spacial score (nSPS) is 11.6. The van der Waals surface area contributed by atoms with E-state index in [1.54, 1.807) is 6.07 Å². The standard InChI is InChI=1S/C19H20FN7O/c1-10(2)27-18-15(17(21)23-9-24-18)16(26-27)12-4-3-11-7-14(25-13(11)8-12)19(28)22-6-5-20/h3-4,7-10,25H,5-6H2,1-2H3,(H,22,28)(H2,21,23,24). The zero-order valence-electron chi connectivity index (χ0n) is 15.5. The number of hydrogen-bond donors (Lipinski definition) is 3. The molecule has 0 bridgehead atoms. The van der Waals surface area contributed by atoms with Crippen LogP contribution in [0.25, 0.3) is 33.2 Å². The summed E-state index contributed by atoms with van der Waals surface area (Å²) in [7, 11) is 0. The predicted octanol–water partition coefficient (Wildman–Crippen LogP) is 2.84. The highest BCUT2D eigenvalue weighted by Crippen LogP contribution is 2.33. The van der Waals surface area contributed by atoms with E-state index in [9.17, 15) is 9.18 Å². The summed E-state index contributed by atoms with van der Waals surface area (Å²) in [5, 5.41) is 8.78. The highest BCUT2D eigenvalue weighted by atomic mass is 19.1. The first-order valence-electron chi connectivity index (χ1n) is 8.95. The van der Waals surface area contributed by atoms with Crippen LogP contribution in [0.3, 0.4) is 0 Å². The highest BCUT2D eigenvalue weighted by molar-refractivity contribution is 6.02. The highest BCUT2D eigenvalue weighted by Gasteiger charge is 2.19. The van der Waals surface area contributed by atoms with Gasteiger partial charge in [-0.25, -0.2) is 19.0 Å². The second-order valence-corrected chi connectivity index (χ2v) is 6.77. The largest absolute Gasteiger partial charge is 0.383 e. The lowest BCUT2D eigenvalue weighted by Crippen LogP contribution is -2.25. The number of aromatic nitrogens is 5. The second kappa shape index (κ2) is 6.91. The van der Waals surface area contributed by atoms with Gasteiger partial charge in [-0.2, -0.15) is 5.10 Å². The summed E-state index contributed by atoms with van der Waals surface area (Å²) in [5.74, 6) is 0.0207. The van der Waals surface area contributed by atoms with Gasteiger partial charge in [0.15, 0.2) is 5.65 Å². The van der Waals surface area contributed by atoms with Crippen LogP contribution in [0.2, 0.25) is 0 Å². The summed E-state index contributed by atoms with van der Waals surface area (Å²) in [4.78, 5) is 23.6. The maximum atomic E-state index is 12.3. The summed E-state index contributed by atoms with van der Waals surface area (Å²) in [6.45, 7) is 3.42. The Balaban J connectivity index is 1.83. The SMILES string of the molecule is CC(C)n1nc(-c2ccc3cc(C(=O)NCCF)[nH]c3c2)c2c(N)ncnc21. The van der Waals surface area contributed by atoms with Crippen LogP contribution in [0.4, 0.5) is 10.2 Å². The van der Waals surface area contributed by atoms with Crippen LogP contribution in [0.15, 0.2) is 30.6 Å². The number of aromatic amines is 1. The molecule has 144 valence electrons. The molecule has 0 saturated heterocycles. The fourth-order valence-corrected chi connectivity index (χ4v) is 3.21. The van der Waals surface area contributed by atoms with Crippen LogP contribution < -0.4 is 11.1 Å². The first-order valence-corrected chi connectivity index (χ1v) is 8.95. The van der Waals surface area contributed by atoms with E-state index >= 15 is 0 Å². The number of nitrogens with one attached hydrogen (secondary N) is 2. The van der Waals surface area contributed by atoms with Crippen molar-refractivity contribution in [3.63, 3.8) is 0 Å². The Morgan fingerprint density at radius 3 is 2.89 bits per heavy atom. The zero-order valence-corrected chi connectivity index (χ0v) is 15.5. The number of carbonyl (C=O) groups excluding carboxylic acids is 1. The van der Waals surface area contributed by atoms with E-state index in [2.05, 4.69) is 20.3 Å². The van der Waals surface area contributed by atoms with Gasteiger partial charge in [-0.05, 0) is 26.0 Å². The molecule has 0 spiro atoms. The van der Waals surface area contributed by atoms with E-state index in [-0.39, 0.29) is 18.5 Å². The Labute approximate surface area is 160 Å². The molecule has 0 unspecified atom stereocenters. The van der Waals surface area contributed by atoms with E-state index in [0.717, 1.165) is 16.5 Å². The number of nitrogens with two attached hydrogens (primary N) is 1. The van der Waals surface area contributed by atoms with Crippen molar-refractivity contribution in [3.8, 4) is 11.3 Å². The van der Waals surface area contributed by atoms with Crippen molar-refractivity contribution in [1.29, 1.82) is 0 Å². The number of H-pyrrole nitrogens is 1. The average Bonchev–Trinajstić information content (AvgIpc) is 3.28. The zero-order chi connectivity index (χ0) is 19.8. The van der Waals surface area contributed by atoms with Crippen LogP contribution in [0.5, 0.6) is 0 Å². The minimum Gasteiger partial charge on any atom is -0.383 e. The van der Waals surface area contributed by atoms with Crippen LogP contribution in [-0.4, -0.2) is 43.9 Å². The summed E-state index contributed by atoms with van der Waals surface area (Å²) in [6, 6.07) is 7.55. The molecule has 3 heterocycles. The first kappa shape index (κ1) is 17.9. The number of fused-ring (bicyclic) bond motifs is 2. The molecule has 3 aromatic heterocycles. The molecule has 0 aliphatic heterocycles. The Morgan fingerprint density at radius 1 is 1.32 bits per heavy atom. The molecule has 1 aromatic carbocycles. The smallest absolute Gasteiger partial charge is 0.267 e. The Bertz CT molecular complexity index is 1180. The Hall–Kier alpha value is -3.49. The first-order chi connectivity index (χ1) is 13.5. The maximum absolute atomic E-state index is 12.3. The number of amides is 1. The fraction of sp³-hybridized carbons (Fsp3) is 0.263. The number of nitrogen functional groups attached to an aromatic ring is 1. The van der Waals surface area contributed by atoms with Crippen LogP contribution >= 0.6 is 0 Å². The summed E-state index contributed by atoms with van der Waals surface area (Å²) < 4.78 is 14.1. The topological polar surface area (TPSA) is 115 Å². The van der Waals surface area contributed by atoms with Gasteiger partial charge in [0.25, 0.3) is 5.91 Å². The van der Waals surface area contributed by atoms with Crippen molar-refractivity contribution in [2.45, 2.75) is 19.9 Å². The van der Waals surface area contributed by atoms with Crippen LogP contribution in [0, 0.1) is 0 Å². The molecule has 1 amide bonds. The maximum Gasteiger partial charge on any atom is 0.267 e. The van der Waals surface area contributed by atoms with Gasteiger partial charge in [0.1, 0.15) is 30.2 Å². The van der Waals surface area contributed by atoms with Gasteiger partial charge in [0, 0.05) is 29.1 Å². The molecule has 28 heavy (non-hydrogen) atoms. The summed E-state index contributed by atoms with van der Waals surface area (Å²) in [6.07, 6.45) is 1.43. The molecule has 0 radical (unpaired) electrons. The molecule has 0 fully saturated rings. The van der Waals surface area contributed by atoms with Gasteiger partial charge in [-0.15, -0.1) is 0 Å². The van der Waals surface area contributed by atoms with Gasteiger partial charge in [-0.1, -0.05) is 12.1 Å². The third kappa shape index (κ3) is 2.94. The molecule has 0 aliphatic rings. The van der Waals surface area contributed by atoms with E-state index < -0.39 is 6.67 Å². The number of rotatable bonds is 5. The molecule has 0 aliphatic carbocycles. The number of hydrogen-bond acceptors (Lipinski definition) is 5. The summed E-state index contributed by atoms with van der Waals surface area (Å²) >= 11 is 0. The number of halogens is 1. The van der Waals surface area contributed by atoms with Crippen molar-refractivity contribution >= 4 is 33.7 Å². The van der Waals surface area contributed by atoms with Gasteiger partial charge in [0.2, 0.25) is 0 Å². The second-order valence-electron chi connectivity index (χ2n) is 6.77. The molecule has 9 heteroatoms. The van der Waals surface area contributed by atoms with E-state index in [1.165, 1.54) is 6.33 Å². The van der Waals surface area contributed by atoms with Gasteiger partial charge in [-0.3, -0.25) is 4.79 Å². The van der Waals surface area contributed by atoms with Crippen molar-refractivity contribution in [2.75, 3.05) is 19.0 Å². The minimum atomic E-state index is -0.606.